The zero-order chi connectivity index (χ0) is 22.4. The summed E-state index contributed by atoms with van der Waals surface area (Å²) in [5.74, 6) is 0.356. The zero-order valence-corrected chi connectivity index (χ0v) is 17.6. The number of aromatic nitrogens is 5. The van der Waals surface area contributed by atoms with E-state index in [0.717, 1.165) is 31.4 Å². The number of carbonyl (C=O) groups is 1. The van der Waals surface area contributed by atoms with E-state index in [1.54, 1.807) is 7.05 Å². The Balaban J connectivity index is 0.000000180. The molecule has 3 aromatic heterocycles. The molecule has 3 aromatic rings. The monoisotopic (exact) mass is 442 g/mol. The first-order valence-corrected chi connectivity index (χ1v) is 10.9. The first-order chi connectivity index (χ1) is 15.4. The number of pyridine rings is 1. The lowest BCUT2D eigenvalue weighted by Gasteiger charge is -2.16. The third-order valence-electron chi connectivity index (χ3n) is 6.73. The number of halogens is 2. The van der Waals surface area contributed by atoms with E-state index in [1.807, 2.05) is 0 Å². The quantitative estimate of drug-likeness (QED) is 0.556. The molecule has 3 N–H and O–H groups in total. The third kappa shape index (κ3) is 3.78. The van der Waals surface area contributed by atoms with Gasteiger partial charge in [0.25, 0.3) is 0 Å². The van der Waals surface area contributed by atoms with Crippen LogP contribution >= 0.6 is 0 Å². The van der Waals surface area contributed by atoms with Crippen molar-refractivity contribution in [2.24, 2.45) is 17.8 Å². The van der Waals surface area contributed by atoms with Gasteiger partial charge < -0.3 is 10.4 Å². The summed E-state index contributed by atoms with van der Waals surface area (Å²) in [5, 5.41) is 18.7. The number of carboxylic acid groups (broad SMARTS) is 1. The van der Waals surface area contributed by atoms with Crippen molar-refractivity contribution in [3.05, 3.63) is 29.6 Å². The summed E-state index contributed by atoms with van der Waals surface area (Å²) < 4.78 is 27.7. The van der Waals surface area contributed by atoms with Gasteiger partial charge in [-0.25, -0.2) is 23.7 Å². The molecule has 0 aromatic carbocycles. The standard InChI is InChI=1S/C14H12F2N6.C8H12O2/c1-17-13-9(16)10(6-2-3-6)19-14(20-13)11-8-4-7(15)5-18-12(8)22-21-11;9-8(10)7-4-5-1-2-6(7)3-5/h4-6H,2-3H2,1H3,(H,17,19,20)(H,18,21,22);5-7H,1-4H2,(H,9,10). The molecule has 3 saturated carbocycles. The highest BCUT2D eigenvalue weighted by Crippen LogP contribution is 2.48. The molecule has 3 aliphatic carbocycles. The molecular weight excluding hydrogens is 418 g/mol. The van der Waals surface area contributed by atoms with Gasteiger partial charge in [-0.3, -0.25) is 9.89 Å². The number of H-pyrrole nitrogens is 1. The normalized spacial score (nSPS) is 23.8. The van der Waals surface area contributed by atoms with E-state index in [9.17, 15) is 13.6 Å². The minimum absolute atomic E-state index is 0.0127. The number of carboxylic acids is 1. The SMILES string of the molecule is CNc1nc(-c2[nH]nc3ncc(F)cc23)nc(C2CC2)c1F.O=C(O)C1CC2CCC1C2. The van der Waals surface area contributed by atoms with Gasteiger partial charge in [0.1, 0.15) is 11.5 Å². The second-order valence-corrected chi connectivity index (χ2v) is 8.86. The van der Waals surface area contributed by atoms with Gasteiger partial charge in [-0.05, 0) is 50.0 Å². The average molecular weight is 442 g/mol. The Hall–Kier alpha value is -3.17. The largest absolute Gasteiger partial charge is 0.481 e. The van der Waals surface area contributed by atoms with Crippen molar-refractivity contribution in [3.63, 3.8) is 0 Å². The highest BCUT2D eigenvalue weighted by Gasteiger charge is 2.43. The van der Waals surface area contributed by atoms with E-state index in [1.165, 1.54) is 25.3 Å². The minimum Gasteiger partial charge on any atom is -0.481 e. The summed E-state index contributed by atoms with van der Waals surface area (Å²) >= 11 is 0. The van der Waals surface area contributed by atoms with Gasteiger partial charge in [-0.2, -0.15) is 5.10 Å². The number of hydrogen-bond acceptors (Lipinski definition) is 6. The molecular formula is C22H24F2N6O2. The predicted molar refractivity (Wildman–Crippen MR) is 113 cm³/mol. The maximum atomic E-state index is 14.3. The second-order valence-electron chi connectivity index (χ2n) is 8.86. The predicted octanol–water partition coefficient (Wildman–Crippen LogP) is 4.12. The van der Waals surface area contributed by atoms with Crippen LogP contribution in [-0.4, -0.2) is 43.3 Å². The van der Waals surface area contributed by atoms with Crippen molar-refractivity contribution in [1.29, 1.82) is 0 Å². The van der Waals surface area contributed by atoms with Crippen LogP contribution in [0.2, 0.25) is 0 Å². The Morgan fingerprint density at radius 1 is 1.19 bits per heavy atom. The molecule has 0 spiro atoms. The lowest BCUT2D eigenvalue weighted by Crippen LogP contribution is -2.19. The lowest BCUT2D eigenvalue weighted by atomic mass is 9.89. The van der Waals surface area contributed by atoms with Crippen LogP contribution in [0.25, 0.3) is 22.6 Å². The topological polar surface area (TPSA) is 117 Å². The van der Waals surface area contributed by atoms with Gasteiger partial charge in [-0.1, -0.05) is 6.42 Å². The molecule has 8 nitrogen and oxygen atoms in total. The Morgan fingerprint density at radius 2 is 2.00 bits per heavy atom. The minimum atomic E-state index is -0.563. The number of nitrogens with zero attached hydrogens (tertiary/aromatic N) is 4. The van der Waals surface area contributed by atoms with Crippen LogP contribution in [0, 0.1) is 29.4 Å². The van der Waals surface area contributed by atoms with Crippen molar-refractivity contribution in [3.8, 4) is 11.5 Å². The van der Waals surface area contributed by atoms with E-state index in [0.29, 0.717) is 28.3 Å². The molecule has 10 heteroatoms. The van der Waals surface area contributed by atoms with Gasteiger partial charge in [-0.15, -0.1) is 0 Å². The lowest BCUT2D eigenvalue weighted by molar-refractivity contribution is -0.143. The summed E-state index contributed by atoms with van der Waals surface area (Å²) in [7, 11) is 1.60. The van der Waals surface area contributed by atoms with Crippen LogP contribution in [0.4, 0.5) is 14.6 Å². The number of aromatic amines is 1. The summed E-state index contributed by atoms with van der Waals surface area (Å²) in [6.45, 7) is 0. The van der Waals surface area contributed by atoms with Gasteiger partial charge in [0.05, 0.1) is 23.2 Å². The molecule has 2 bridgehead atoms. The van der Waals surface area contributed by atoms with E-state index in [-0.39, 0.29) is 23.5 Å². The summed E-state index contributed by atoms with van der Waals surface area (Å²) in [5.41, 5.74) is 1.19. The van der Waals surface area contributed by atoms with Crippen LogP contribution in [0.15, 0.2) is 12.3 Å². The Bertz CT molecular complexity index is 1180. The van der Waals surface area contributed by atoms with Gasteiger partial charge in [0.2, 0.25) is 0 Å². The fraction of sp³-hybridized carbons (Fsp3) is 0.500. The molecule has 0 aliphatic heterocycles. The third-order valence-corrected chi connectivity index (χ3v) is 6.73. The highest BCUT2D eigenvalue weighted by molar-refractivity contribution is 5.88. The molecule has 3 aliphatic rings. The van der Waals surface area contributed by atoms with Crippen LogP contribution in [0.5, 0.6) is 0 Å². The molecule has 6 rings (SSSR count). The molecule has 3 heterocycles. The van der Waals surface area contributed by atoms with E-state index < -0.39 is 17.6 Å². The number of fused-ring (bicyclic) bond motifs is 3. The second kappa shape index (κ2) is 8.07. The smallest absolute Gasteiger partial charge is 0.306 e. The zero-order valence-electron chi connectivity index (χ0n) is 17.6. The fourth-order valence-electron chi connectivity index (χ4n) is 4.96. The first kappa shape index (κ1) is 20.7. The Kier molecular flexibility index (Phi) is 5.22. The van der Waals surface area contributed by atoms with Crippen molar-refractivity contribution in [2.75, 3.05) is 12.4 Å². The van der Waals surface area contributed by atoms with Crippen molar-refractivity contribution < 1.29 is 18.7 Å². The molecule has 3 fully saturated rings. The molecule has 0 radical (unpaired) electrons. The summed E-state index contributed by atoms with van der Waals surface area (Å²) in [4.78, 5) is 23.0. The van der Waals surface area contributed by atoms with Crippen LogP contribution in [0.3, 0.4) is 0 Å². The fourth-order valence-corrected chi connectivity index (χ4v) is 4.96. The number of anilines is 1. The van der Waals surface area contributed by atoms with E-state index in [2.05, 4.69) is 30.5 Å². The van der Waals surface area contributed by atoms with Crippen molar-refractivity contribution in [1.82, 2.24) is 25.1 Å². The number of aliphatic carboxylic acids is 1. The van der Waals surface area contributed by atoms with Gasteiger partial charge in [0, 0.05) is 13.0 Å². The first-order valence-electron chi connectivity index (χ1n) is 10.9. The van der Waals surface area contributed by atoms with Crippen LogP contribution in [-0.2, 0) is 4.79 Å². The maximum absolute atomic E-state index is 14.3. The van der Waals surface area contributed by atoms with Crippen molar-refractivity contribution in [2.45, 2.75) is 44.4 Å². The Labute approximate surface area is 182 Å². The molecule has 32 heavy (non-hydrogen) atoms. The molecule has 168 valence electrons. The van der Waals surface area contributed by atoms with Crippen LogP contribution < -0.4 is 5.32 Å². The Morgan fingerprint density at radius 3 is 2.59 bits per heavy atom. The molecule has 3 atom stereocenters. The van der Waals surface area contributed by atoms with Gasteiger partial charge in [0.15, 0.2) is 23.1 Å². The van der Waals surface area contributed by atoms with Crippen molar-refractivity contribution >= 4 is 22.8 Å². The molecule has 3 unspecified atom stereocenters. The van der Waals surface area contributed by atoms with E-state index >= 15 is 0 Å². The summed E-state index contributed by atoms with van der Waals surface area (Å²) in [6.07, 6.45) is 7.52. The average Bonchev–Trinajstić information content (AvgIpc) is 3.19. The maximum Gasteiger partial charge on any atom is 0.306 e. The summed E-state index contributed by atoms with van der Waals surface area (Å²) in [6, 6.07) is 1.31. The van der Waals surface area contributed by atoms with Crippen LogP contribution in [0.1, 0.15) is 50.1 Å². The number of rotatable bonds is 4. The number of hydrogen-bond donors (Lipinski definition) is 3. The highest BCUT2D eigenvalue weighted by atomic mass is 19.1. The molecule has 0 saturated heterocycles. The van der Waals surface area contributed by atoms with E-state index in [4.69, 9.17) is 5.11 Å². The molecule has 0 amide bonds. The van der Waals surface area contributed by atoms with Gasteiger partial charge >= 0.3 is 5.97 Å². The number of nitrogens with one attached hydrogen (secondary N) is 2.